The number of cyclic esters (lactones) is 1. The quantitative estimate of drug-likeness (QED) is 0.347. The highest BCUT2D eigenvalue weighted by Gasteiger charge is 2.28. The van der Waals surface area contributed by atoms with Gasteiger partial charge in [-0.05, 0) is 38.7 Å². The number of allylic oxidation sites excluding steroid dienone is 4. The fourth-order valence-electron chi connectivity index (χ4n) is 3.07. The Morgan fingerprint density at radius 1 is 1.54 bits per heavy atom. The smallest absolute Gasteiger partial charge is 0.336 e. The van der Waals surface area contributed by atoms with E-state index in [1.54, 1.807) is 13.0 Å². The minimum absolute atomic E-state index is 0.0406. The molecule has 0 bridgehead atoms. The van der Waals surface area contributed by atoms with Crippen LogP contribution in [-0.2, 0) is 14.3 Å². The van der Waals surface area contributed by atoms with Crippen molar-refractivity contribution in [2.75, 3.05) is 6.61 Å². The highest BCUT2D eigenvalue weighted by Crippen LogP contribution is 2.42. The van der Waals surface area contributed by atoms with Crippen LogP contribution in [0.1, 0.15) is 40.0 Å². The van der Waals surface area contributed by atoms with Gasteiger partial charge in [0.05, 0.1) is 12.9 Å². The normalized spacial score (nSPS) is 28.2. The zero-order valence-corrected chi connectivity index (χ0v) is 14.7. The predicted octanol–water partition coefficient (Wildman–Crippen LogP) is 3.96. The first-order valence-electron chi connectivity index (χ1n) is 8.26. The number of esters is 1. The summed E-state index contributed by atoms with van der Waals surface area (Å²) in [4.78, 5) is 11.3. The fraction of sp³-hybridized carbons (Fsp3) is 0.450. The molecule has 0 fully saturated rings. The second kappa shape index (κ2) is 7.67. The second-order valence-corrected chi connectivity index (χ2v) is 6.61. The van der Waals surface area contributed by atoms with Crippen LogP contribution in [0.2, 0.25) is 0 Å². The predicted molar refractivity (Wildman–Crippen MR) is 93.9 cm³/mol. The Morgan fingerprint density at radius 2 is 2.29 bits per heavy atom. The van der Waals surface area contributed by atoms with Crippen LogP contribution in [0.4, 0.5) is 0 Å². The molecule has 0 saturated heterocycles. The number of aliphatic hydroxyl groups excluding tert-OH is 1. The Kier molecular flexibility index (Phi) is 5.84. The summed E-state index contributed by atoms with van der Waals surface area (Å²) in [5.74, 6) is -0.376. The van der Waals surface area contributed by atoms with E-state index in [9.17, 15) is 9.90 Å². The minimum Gasteiger partial charge on any atom is -0.458 e. The molecule has 2 aliphatic rings. The summed E-state index contributed by atoms with van der Waals surface area (Å²) in [5.41, 5.74) is 3.69. The van der Waals surface area contributed by atoms with E-state index in [4.69, 9.17) is 9.47 Å². The molecule has 2 rings (SSSR count). The lowest BCUT2D eigenvalue weighted by Crippen LogP contribution is -2.20. The van der Waals surface area contributed by atoms with Gasteiger partial charge in [-0.15, -0.1) is 6.58 Å². The lowest BCUT2D eigenvalue weighted by Gasteiger charge is -2.33. The van der Waals surface area contributed by atoms with E-state index in [1.165, 1.54) is 17.4 Å². The van der Waals surface area contributed by atoms with E-state index >= 15 is 0 Å². The molecule has 24 heavy (non-hydrogen) atoms. The molecule has 130 valence electrons. The lowest BCUT2D eigenvalue weighted by molar-refractivity contribution is -0.152. The first-order valence-corrected chi connectivity index (χ1v) is 8.26. The summed E-state index contributed by atoms with van der Waals surface area (Å²) in [6, 6.07) is 0. The third kappa shape index (κ3) is 4.06. The number of aliphatic hydroxyl groups is 1. The average molecular weight is 330 g/mol. The molecule has 1 heterocycles. The molecule has 0 aromatic heterocycles. The van der Waals surface area contributed by atoms with Crippen molar-refractivity contribution in [1.29, 1.82) is 0 Å². The third-order valence-electron chi connectivity index (χ3n) is 4.70. The van der Waals surface area contributed by atoms with Gasteiger partial charge in [0.2, 0.25) is 0 Å². The van der Waals surface area contributed by atoms with Gasteiger partial charge in [-0.2, -0.15) is 0 Å². The molecule has 0 aromatic rings. The van der Waals surface area contributed by atoms with Crippen LogP contribution in [0, 0.1) is 5.41 Å². The SMILES string of the molecule is C=CC1(C)CCCC(C)=C1C=CC(=COC1C=C(C)C(=O)O1)CO. The molecule has 0 aromatic carbocycles. The van der Waals surface area contributed by atoms with Crippen molar-refractivity contribution >= 4 is 5.97 Å². The molecule has 2 unspecified atom stereocenters. The summed E-state index contributed by atoms with van der Waals surface area (Å²) < 4.78 is 10.4. The van der Waals surface area contributed by atoms with Crippen molar-refractivity contribution < 1.29 is 19.4 Å². The molecular weight excluding hydrogens is 304 g/mol. The fourth-order valence-corrected chi connectivity index (χ4v) is 3.07. The molecule has 1 N–H and O–H groups in total. The van der Waals surface area contributed by atoms with Gasteiger partial charge in [-0.3, -0.25) is 0 Å². The van der Waals surface area contributed by atoms with Crippen molar-refractivity contribution in [1.82, 2.24) is 0 Å². The van der Waals surface area contributed by atoms with Crippen LogP contribution in [0.15, 0.2) is 59.4 Å². The van der Waals surface area contributed by atoms with Crippen LogP contribution in [0.3, 0.4) is 0 Å². The maximum Gasteiger partial charge on any atom is 0.336 e. The average Bonchev–Trinajstić information content (AvgIpc) is 2.88. The molecular formula is C20H26O4. The molecule has 1 aliphatic carbocycles. The van der Waals surface area contributed by atoms with Crippen molar-refractivity contribution in [3.05, 3.63) is 59.4 Å². The molecule has 1 aliphatic heterocycles. The second-order valence-electron chi connectivity index (χ2n) is 6.61. The van der Waals surface area contributed by atoms with Crippen molar-refractivity contribution in [3.63, 3.8) is 0 Å². The van der Waals surface area contributed by atoms with E-state index in [2.05, 4.69) is 20.4 Å². The summed E-state index contributed by atoms with van der Waals surface area (Å²) in [6.45, 7) is 9.83. The van der Waals surface area contributed by atoms with Crippen LogP contribution in [0.5, 0.6) is 0 Å². The first kappa shape index (κ1) is 18.3. The van der Waals surface area contributed by atoms with Crippen molar-refractivity contribution in [2.45, 2.75) is 46.3 Å². The number of ether oxygens (including phenoxy) is 2. The molecule has 0 radical (unpaired) electrons. The highest BCUT2D eigenvalue weighted by atomic mass is 16.7. The molecule has 0 spiro atoms. The van der Waals surface area contributed by atoms with Crippen LogP contribution in [0.25, 0.3) is 0 Å². The van der Waals surface area contributed by atoms with Gasteiger partial charge >= 0.3 is 5.97 Å². The largest absolute Gasteiger partial charge is 0.458 e. The number of hydrogen-bond acceptors (Lipinski definition) is 4. The Morgan fingerprint density at radius 3 is 2.88 bits per heavy atom. The molecule has 0 saturated carbocycles. The van der Waals surface area contributed by atoms with Crippen LogP contribution >= 0.6 is 0 Å². The molecule has 4 nitrogen and oxygen atoms in total. The van der Waals surface area contributed by atoms with Gasteiger partial charge in [0.1, 0.15) is 0 Å². The standard InChI is InChI=1S/C20H26O4/c1-5-20(4)10-6-7-14(2)17(20)9-8-16(12-21)13-23-18-11-15(3)19(22)24-18/h5,8-9,11,13,18,21H,1,6-7,10,12H2,2-4H3. The minimum atomic E-state index is -0.721. The van der Waals surface area contributed by atoms with Crippen molar-refractivity contribution in [2.24, 2.45) is 5.41 Å². The summed E-state index contributed by atoms with van der Waals surface area (Å²) in [5, 5.41) is 9.53. The zero-order chi connectivity index (χ0) is 17.7. The Bertz CT molecular complexity index is 636. The van der Waals surface area contributed by atoms with Crippen LogP contribution < -0.4 is 0 Å². The summed E-state index contributed by atoms with van der Waals surface area (Å²) in [6.07, 6.45) is 11.5. The lowest BCUT2D eigenvalue weighted by atomic mass is 9.71. The van der Waals surface area contributed by atoms with E-state index in [0.29, 0.717) is 11.1 Å². The molecule has 4 heteroatoms. The van der Waals surface area contributed by atoms with E-state index < -0.39 is 6.29 Å². The topological polar surface area (TPSA) is 55.8 Å². The van der Waals surface area contributed by atoms with E-state index in [1.807, 2.05) is 18.2 Å². The van der Waals surface area contributed by atoms with Gasteiger partial charge < -0.3 is 14.6 Å². The Labute approximate surface area is 143 Å². The van der Waals surface area contributed by atoms with Gasteiger partial charge in [0.25, 0.3) is 6.29 Å². The molecule has 2 atom stereocenters. The van der Waals surface area contributed by atoms with Gasteiger partial charge in [-0.1, -0.05) is 30.7 Å². The monoisotopic (exact) mass is 330 g/mol. The van der Waals surface area contributed by atoms with Crippen LogP contribution in [-0.4, -0.2) is 24.0 Å². The number of carbonyl (C=O) groups excluding carboxylic acids is 1. The van der Waals surface area contributed by atoms with Gasteiger partial charge in [0.15, 0.2) is 0 Å². The highest BCUT2D eigenvalue weighted by molar-refractivity contribution is 5.89. The third-order valence-corrected chi connectivity index (χ3v) is 4.70. The summed E-state index contributed by atoms with van der Waals surface area (Å²) in [7, 11) is 0. The number of carbonyl (C=O) groups is 1. The zero-order valence-electron chi connectivity index (χ0n) is 14.7. The van der Waals surface area contributed by atoms with E-state index in [0.717, 1.165) is 19.3 Å². The Balaban J connectivity index is 2.11. The maximum absolute atomic E-state index is 11.3. The van der Waals surface area contributed by atoms with Gasteiger partial charge in [0, 0.05) is 22.6 Å². The maximum atomic E-state index is 11.3. The van der Waals surface area contributed by atoms with E-state index in [-0.39, 0.29) is 18.0 Å². The molecule has 0 amide bonds. The summed E-state index contributed by atoms with van der Waals surface area (Å²) >= 11 is 0. The first-order chi connectivity index (χ1) is 11.4. The Hall–Kier alpha value is -2.07. The van der Waals surface area contributed by atoms with Crippen molar-refractivity contribution in [3.8, 4) is 0 Å². The van der Waals surface area contributed by atoms with Gasteiger partial charge in [-0.25, -0.2) is 4.79 Å². The number of rotatable bonds is 6. The number of hydrogen-bond donors (Lipinski definition) is 1.